The van der Waals surface area contributed by atoms with Crippen LogP contribution in [0.15, 0.2) is 24.3 Å². The zero-order valence-corrected chi connectivity index (χ0v) is 14.2. The van der Waals surface area contributed by atoms with Crippen LogP contribution in [-0.4, -0.2) is 43.0 Å². The molecule has 0 radical (unpaired) electrons. The van der Waals surface area contributed by atoms with Crippen molar-refractivity contribution in [3.63, 3.8) is 0 Å². The van der Waals surface area contributed by atoms with Gasteiger partial charge in [-0.25, -0.2) is 0 Å². The highest BCUT2D eigenvalue weighted by atomic mass is 16.2. The number of nitrogens with one attached hydrogen (secondary N) is 2. The smallest absolute Gasteiger partial charge is 0.238 e. The summed E-state index contributed by atoms with van der Waals surface area (Å²) in [7, 11) is 0. The lowest BCUT2D eigenvalue weighted by Crippen LogP contribution is -2.45. The molecule has 2 N–H and O–H groups in total. The summed E-state index contributed by atoms with van der Waals surface area (Å²) in [6.07, 6.45) is 6.12. The maximum atomic E-state index is 12.2. The molecule has 0 unspecified atom stereocenters. The highest BCUT2D eigenvalue weighted by Crippen LogP contribution is 2.28. The topological polar surface area (TPSA) is 44.4 Å². The van der Waals surface area contributed by atoms with Crippen LogP contribution in [0.25, 0.3) is 0 Å². The highest BCUT2D eigenvalue weighted by Gasteiger charge is 2.24. The lowest BCUT2D eigenvalue weighted by molar-refractivity contribution is -0.117. The van der Waals surface area contributed by atoms with Crippen LogP contribution in [0.4, 0.5) is 5.69 Å². The second-order valence-corrected chi connectivity index (χ2v) is 7.00. The number of piperidine rings is 1. The summed E-state index contributed by atoms with van der Waals surface area (Å²) in [5.74, 6) is 1.04. The molecule has 0 aromatic heterocycles. The van der Waals surface area contributed by atoms with E-state index in [1.165, 1.54) is 24.9 Å². The van der Waals surface area contributed by atoms with Crippen molar-refractivity contribution in [1.82, 2.24) is 10.2 Å². The van der Waals surface area contributed by atoms with E-state index in [9.17, 15) is 4.79 Å². The first-order valence-corrected chi connectivity index (χ1v) is 9.07. The Hall–Kier alpha value is -1.39. The van der Waals surface area contributed by atoms with Crippen molar-refractivity contribution in [3.05, 3.63) is 29.8 Å². The summed E-state index contributed by atoms with van der Waals surface area (Å²) in [6, 6.07) is 8.77. The molecule has 0 spiro atoms. The van der Waals surface area contributed by atoms with Gasteiger partial charge in [0, 0.05) is 24.8 Å². The van der Waals surface area contributed by atoms with Gasteiger partial charge < -0.3 is 10.6 Å². The molecule has 1 saturated heterocycles. The van der Waals surface area contributed by atoms with E-state index in [-0.39, 0.29) is 5.91 Å². The predicted molar refractivity (Wildman–Crippen MR) is 94.6 cm³/mol. The molecule has 1 aromatic carbocycles. The van der Waals surface area contributed by atoms with Crippen molar-refractivity contribution >= 4 is 11.6 Å². The van der Waals surface area contributed by atoms with Crippen LogP contribution in [0.2, 0.25) is 0 Å². The first kappa shape index (κ1) is 16.5. The molecule has 1 amide bonds. The Morgan fingerprint density at radius 1 is 1.22 bits per heavy atom. The van der Waals surface area contributed by atoms with Crippen molar-refractivity contribution < 1.29 is 4.79 Å². The van der Waals surface area contributed by atoms with Crippen LogP contribution < -0.4 is 10.6 Å². The van der Waals surface area contributed by atoms with Gasteiger partial charge in [-0.15, -0.1) is 0 Å². The maximum Gasteiger partial charge on any atom is 0.238 e. The summed E-state index contributed by atoms with van der Waals surface area (Å²) in [5, 5.41) is 6.71. The highest BCUT2D eigenvalue weighted by molar-refractivity contribution is 5.92. The number of benzene rings is 1. The molecule has 1 aromatic rings. The molecule has 4 heteroatoms. The fourth-order valence-electron chi connectivity index (χ4n) is 3.22. The summed E-state index contributed by atoms with van der Waals surface area (Å²) in [6.45, 7) is 5.86. The van der Waals surface area contributed by atoms with Crippen molar-refractivity contribution in [2.45, 2.75) is 45.1 Å². The van der Waals surface area contributed by atoms with Crippen molar-refractivity contribution in [2.24, 2.45) is 5.92 Å². The van der Waals surface area contributed by atoms with E-state index in [1.54, 1.807) is 0 Å². The molecule has 1 aliphatic heterocycles. The quantitative estimate of drug-likeness (QED) is 0.813. The van der Waals surface area contributed by atoms with Crippen molar-refractivity contribution in [3.8, 4) is 0 Å². The van der Waals surface area contributed by atoms with Crippen LogP contribution in [0.3, 0.4) is 0 Å². The van der Waals surface area contributed by atoms with Crippen molar-refractivity contribution in [1.29, 1.82) is 0 Å². The van der Waals surface area contributed by atoms with Gasteiger partial charge in [0.2, 0.25) is 5.91 Å². The van der Waals surface area contributed by atoms with Gasteiger partial charge in [-0.2, -0.15) is 0 Å². The molecule has 3 rings (SSSR count). The van der Waals surface area contributed by atoms with E-state index in [1.807, 2.05) is 12.1 Å². The number of nitrogens with zero attached hydrogens (tertiary/aromatic N) is 1. The van der Waals surface area contributed by atoms with Crippen LogP contribution >= 0.6 is 0 Å². The van der Waals surface area contributed by atoms with Crippen LogP contribution in [0.5, 0.6) is 0 Å². The van der Waals surface area contributed by atoms with Crippen LogP contribution in [-0.2, 0) is 11.2 Å². The second kappa shape index (κ2) is 7.93. The minimum atomic E-state index is 0.0997. The third kappa shape index (κ3) is 5.33. The zero-order chi connectivity index (χ0) is 16.1. The normalized spacial score (nSPS) is 19.7. The van der Waals surface area contributed by atoms with E-state index in [2.05, 4.69) is 34.6 Å². The first-order valence-electron chi connectivity index (χ1n) is 9.07. The monoisotopic (exact) mass is 315 g/mol. The number of aryl methyl sites for hydroxylation is 1. The average molecular weight is 315 g/mol. The van der Waals surface area contributed by atoms with Gasteiger partial charge in [0.1, 0.15) is 0 Å². The number of carbonyl (C=O) groups is 1. The molecule has 4 nitrogen and oxygen atoms in total. The predicted octanol–water partition coefficient (Wildman–Crippen LogP) is 2.65. The molecule has 1 heterocycles. The molecule has 1 saturated carbocycles. The van der Waals surface area contributed by atoms with Gasteiger partial charge >= 0.3 is 0 Å². The first-order chi connectivity index (χ1) is 11.2. The number of carbonyl (C=O) groups excluding carboxylic acids is 1. The number of likely N-dealkylation sites (tertiary alicyclic amines) is 1. The second-order valence-electron chi connectivity index (χ2n) is 7.00. The molecular weight excluding hydrogens is 286 g/mol. The lowest BCUT2D eigenvalue weighted by atomic mass is 10.0. The Bertz CT molecular complexity index is 519. The summed E-state index contributed by atoms with van der Waals surface area (Å²) >= 11 is 0. The molecule has 2 fully saturated rings. The summed E-state index contributed by atoms with van der Waals surface area (Å²) in [5.41, 5.74) is 2.17. The molecule has 0 bridgehead atoms. The Labute approximate surface area is 139 Å². The third-order valence-electron chi connectivity index (χ3n) is 4.97. The van der Waals surface area contributed by atoms with Gasteiger partial charge in [-0.3, -0.25) is 9.69 Å². The van der Waals surface area contributed by atoms with Gasteiger partial charge in [0.25, 0.3) is 0 Å². The van der Waals surface area contributed by atoms with Gasteiger partial charge in [0.15, 0.2) is 0 Å². The van der Waals surface area contributed by atoms with Gasteiger partial charge in [-0.1, -0.05) is 19.1 Å². The zero-order valence-electron chi connectivity index (χ0n) is 14.2. The van der Waals surface area contributed by atoms with Gasteiger partial charge in [0.05, 0.1) is 6.54 Å². The Kier molecular flexibility index (Phi) is 5.68. The molecule has 126 valence electrons. The molecule has 2 aliphatic rings. The fourth-order valence-corrected chi connectivity index (χ4v) is 3.22. The Balaban J connectivity index is 1.38. The van der Waals surface area contributed by atoms with Crippen molar-refractivity contribution in [2.75, 3.05) is 31.5 Å². The average Bonchev–Trinajstić information content (AvgIpc) is 3.38. The molecule has 1 aliphatic carbocycles. The van der Waals surface area contributed by atoms with E-state index in [4.69, 9.17) is 0 Å². The SMILES string of the molecule is CCc1cccc(NC(=O)CN2CCC(NCC3CC3)CC2)c1. The van der Waals surface area contributed by atoms with E-state index < -0.39 is 0 Å². The fraction of sp³-hybridized carbons (Fsp3) is 0.632. The van der Waals surface area contributed by atoms with Crippen LogP contribution in [0.1, 0.15) is 38.2 Å². The minimum absolute atomic E-state index is 0.0997. The standard InChI is InChI=1S/C19H29N3O/c1-2-15-4-3-5-18(12-15)21-19(23)14-22-10-8-17(9-11-22)20-13-16-6-7-16/h3-5,12,16-17,20H,2,6-11,13-14H2,1H3,(H,21,23). The molecule has 23 heavy (non-hydrogen) atoms. The maximum absolute atomic E-state index is 12.2. The summed E-state index contributed by atoms with van der Waals surface area (Å²) < 4.78 is 0. The van der Waals surface area contributed by atoms with Crippen LogP contribution in [0, 0.1) is 5.92 Å². The lowest BCUT2D eigenvalue weighted by Gasteiger charge is -2.32. The van der Waals surface area contributed by atoms with E-state index >= 15 is 0 Å². The number of amides is 1. The largest absolute Gasteiger partial charge is 0.325 e. The van der Waals surface area contributed by atoms with Gasteiger partial charge in [-0.05, 0) is 62.3 Å². The minimum Gasteiger partial charge on any atom is -0.325 e. The number of anilines is 1. The number of hydrogen-bond donors (Lipinski definition) is 2. The van der Waals surface area contributed by atoms with E-state index in [0.717, 1.165) is 44.0 Å². The summed E-state index contributed by atoms with van der Waals surface area (Å²) in [4.78, 5) is 14.5. The molecular formula is C19H29N3O. The Morgan fingerprint density at radius 3 is 2.70 bits per heavy atom. The molecule has 0 atom stereocenters. The third-order valence-corrected chi connectivity index (χ3v) is 4.97. The van der Waals surface area contributed by atoms with E-state index in [0.29, 0.717) is 12.6 Å². The number of rotatable bonds is 7. The number of hydrogen-bond acceptors (Lipinski definition) is 3. The Morgan fingerprint density at radius 2 is 2.00 bits per heavy atom.